The average Bonchev–Trinajstić information content (AvgIpc) is 3.05. The third-order valence-corrected chi connectivity index (χ3v) is 5.89. The fraction of sp³-hybridized carbons (Fsp3) is 0.278. The van der Waals surface area contributed by atoms with Crippen LogP contribution < -0.4 is 11.3 Å². The van der Waals surface area contributed by atoms with Crippen LogP contribution in [0.3, 0.4) is 0 Å². The molecule has 0 amide bonds. The van der Waals surface area contributed by atoms with E-state index in [-0.39, 0.29) is 11.6 Å². The summed E-state index contributed by atoms with van der Waals surface area (Å²) in [6.07, 6.45) is 0.935. The molecular weight excluding hydrogens is 388 g/mol. The van der Waals surface area contributed by atoms with Crippen LogP contribution in [0.1, 0.15) is 26.1 Å². The maximum absolute atomic E-state index is 12.6. The van der Waals surface area contributed by atoms with Crippen molar-refractivity contribution in [1.82, 2.24) is 9.97 Å². The van der Waals surface area contributed by atoms with Gasteiger partial charge in [0.1, 0.15) is 10.7 Å². The molecule has 1 atom stereocenters. The second kappa shape index (κ2) is 8.24. The molecule has 8 heteroatoms. The number of aliphatic imine (C=N–C) groups is 1. The predicted octanol–water partition coefficient (Wildman–Crippen LogP) is 4.65. The molecule has 3 aromatic rings. The Balaban J connectivity index is 1.87. The van der Waals surface area contributed by atoms with E-state index in [0.29, 0.717) is 32.0 Å². The standard InChI is InChI=1S/C18H19ClN4OS2/c1-3-10(2)21-18(20)26-9-14-22-16(24)15-13(8-25-17(15)23-14)11-4-6-12(19)7-5-11/h4-8,10H,3,9H2,1-2H3,(H2,20,21)(H,22,23,24)/t10-/m1/s1. The van der Waals surface area contributed by atoms with Crippen molar-refractivity contribution < 1.29 is 0 Å². The Kier molecular flexibility index (Phi) is 6.01. The maximum Gasteiger partial charge on any atom is 0.260 e. The van der Waals surface area contributed by atoms with E-state index in [2.05, 4.69) is 21.9 Å². The lowest BCUT2D eigenvalue weighted by Gasteiger charge is -2.05. The predicted molar refractivity (Wildman–Crippen MR) is 113 cm³/mol. The second-order valence-corrected chi connectivity index (χ2v) is 8.15. The van der Waals surface area contributed by atoms with Gasteiger partial charge in [-0.2, -0.15) is 0 Å². The lowest BCUT2D eigenvalue weighted by molar-refractivity contribution is 0.718. The first-order valence-electron chi connectivity index (χ1n) is 8.20. The highest BCUT2D eigenvalue weighted by atomic mass is 35.5. The molecule has 0 radical (unpaired) electrons. The molecule has 0 aliphatic heterocycles. The number of halogens is 1. The number of nitrogens with one attached hydrogen (secondary N) is 1. The summed E-state index contributed by atoms with van der Waals surface area (Å²) in [6, 6.07) is 7.62. The molecule has 1 aromatic carbocycles. The molecule has 136 valence electrons. The molecule has 5 nitrogen and oxygen atoms in total. The lowest BCUT2D eigenvalue weighted by Crippen LogP contribution is -2.14. The smallest absolute Gasteiger partial charge is 0.260 e. The van der Waals surface area contributed by atoms with Crippen molar-refractivity contribution in [3.8, 4) is 11.1 Å². The Morgan fingerprint density at radius 3 is 2.85 bits per heavy atom. The van der Waals surface area contributed by atoms with E-state index >= 15 is 0 Å². The third kappa shape index (κ3) is 4.28. The maximum atomic E-state index is 12.6. The Morgan fingerprint density at radius 2 is 2.15 bits per heavy atom. The van der Waals surface area contributed by atoms with Crippen LogP contribution >= 0.6 is 34.7 Å². The second-order valence-electron chi connectivity index (χ2n) is 5.86. The van der Waals surface area contributed by atoms with Gasteiger partial charge in [0.15, 0.2) is 5.17 Å². The van der Waals surface area contributed by atoms with Gasteiger partial charge in [0, 0.05) is 22.0 Å². The average molecular weight is 407 g/mol. The van der Waals surface area contributed by atoms with E-state index in [0.717, 1.165) is 17.5 Å². The van der Waals surface area contributed by atoms with Crippen molar-refractivity contribution in [2.45, 2.75) is 32.1 Å². The summed E-state index contributed by atoms with van der Waals surface area (Å²) in [7, 11) is 0. The number of H-pyrrole nitrogens is 1. The van der Waals surface area contributed by atoms with Crippen LogP contribution in [0.15, 0.2) is 39.4 Å². The van der Waals surface area contributed by atoms with Gasteiger partial charge in [-0.15, -0.1) is 11.3 Å². The molecule has 0 aliphatic carbocycles. The van der Waals surface area contributed by atoms with E-state index < -0.39 is 0 Å². The van der Waals surface area contributed by atoms with Crippen LogP contribution in [0.25, 0.3) is 21.3 Å². The van der Waals surface area contributed by atoms with Gasteiger partial charge in [-0.05, 0) is 31.0 Å². The van der Waals surface area contributed by atoms with E-state index in [1.54, 1.807) is 0 Å². The minimum atomic E-state index is -0.144. The van der Waals surface area contributed by atoms with Gasteiger partial charge >= 0.3 is 0 Å². The number of thioether (sulfide) groups is 1. The number of hydrogen-bond acceptors (Lipinski definition) is 5. The lowest BCUT2D eigenvalue weighted by atomic mass is 10.1. The first-order valence-corrected chi connectivity index (χ1v) is 10.4. The van der Waals surface area contributed by atoms with Crippen molar-refractivity contribution in [3.63, 3.8) is 0 Å². The zero-order valence-electron chi connectivity index (χ0n) is 14.5. The molecule has 2 heterocycles. The van der Waals surface area contributed by atoms with Crippen LogP contribution in [0.2, 0.25) is 5.02 Å². The number of hydrogen-bond donors (Lipinski definition) is 2. The SMILES string of the molecule is CC[C@@H](C)N=C(N)SCc1nc2scc(-c3ccc(Cl)cc3)c2c(=O)[nH]1. The Bertz CT molecular complexity index is 995. The molecule has 26 heavy (non-hydrogen) atoms. The fourth-order valence-electron chi connectivity index (χ4n) is 2.39. The number of aromatic nitrogens is 2. The van der Waals surface area contributed by atoms with Crippen molar-refractivity contribution in [2.75, 3.05) is 0 Å². The number of nitrogens with two attached hydrogens (primary N) is 1. The number of fused-ring (bicyclic) bond motifs is 1. The molecule has 0 fully saturated rings. The molecule has 0 unspecified atom stereocenters. The highest BCUT2D eigenvalue weighted by molar-refractivity contribution is 8.13. The Hall–Kier alpha value is -1.83. The van der Waals surface area contributed by atoms with Crippen molar-refractivity contribution in [1.29, 1.82) is 0 Å². The van der Waals surface area contributed by atoms with E-state index in [1.165, 1.54) is 23.1 Å². The van der Waals surface area contributed by atoms with E-state index in [9.17, 15) is 4.79 Å². The van der Waals surface area contributed by atoms with Gasteiger partial charge in [0.2, 0.25) is 0 Å². The molecular formula is C18H19ClN4OS2. The van der Waals surface area contributed by atoms with Crippen LogP contribution in [-0.2, 0) is 5.75 Å². The van der Waals surface area contributed by atoms with E-state index in [1.807, 2.05) is 36.6 Å². The van der Waals surface area contributed by atoms with Crippen LogP contribution in [0, 0.1) is 0 Å². The number of aromatic amines is 1. The molecule has 0 aliphatic rings. The van der Waals surface area contributed by atoms with Crippen LogP contribution in [0.5, 0.6) is 0 Å². The zero-order valence-corrected chi connectivity index (χ0v) is 16.8. The third-order valence-electron chi connectivity index (χ3n) is 3.94. The largest absolute Gasteiger partial charge is 0.379 e. The summed E-state index contributed by atoms with van der Waals surface area (Å²) >= 11 is 8.78. The Morgan fingerprint density at radius 1 is 1.42 bits per heavy atom. The van der Waals surface area contributed by atoms with Gasteiger partial charge in [-0.1, -0.05) is 42.4 Å². The van der Waals surface area contributed by atoms with Crippen molar-refractivity contribution in [3.05, 3.63) is 50.8 Å². The number of thiophene rings is 1. The zero-order chi connectivity index (χ0) is 18.7. The number of benzene rings is 1. The number of nitrogens with zero attached hydrogens (tertiary/aromatic N) is 2. The van der Waals surface area contributed by atoms with Crippen molar-refractivity contribution in [2.24, 2.45) is 10.7 Å². The molecule has 0 saturated carbocycles. The normalized spacial score (nSPS) is 13.3. The van der Waals surface area contributed by atoms with Gasteiger partial charge in [0.05, 0.1) is 11.1 Å². The summed E-state index contributed by atoms with van der Waals surface area (Å²) in [5, 5.41) is 3.73. The first kappa shape index (κ1) is 18.9. The summed E-state index contributed by atoms with van der Waals surface area (Å²) in [4.78, 5) is 25.1. The topological polar surface area (TPSA) is 84.1 Å². The molecule has 0 spiro atoms. The Labute approximate surface area is 164 Å². The number of amidine groups is 1. The molecule has 0 bridgehead atoms. The fourth-order valence-corrected chi connectivity index (χ4v) is 4.16. The first-order chi connectivity index (χ1) is 12.5. The molecule has 2 aromatic heterocycles. The highest BCUT2D eigenvalue weighted by Crippen LogP contribution is 2.31. The monoisotopic (exact) mass is 406 g/mol. The molecule has 3 rings (SSSR count). The minimum Gasteiger partial charge on any atom is -0.379 e. The van der Waals surface area contributed by atoms with Crippen LogP contribution in [0.4, 0.5) is 0 Å². The minimum absolute atomic E-state index is 0.144. The summed E-state index contributed by atoms with van der Waals surface area (Å²) in [6.45, 7) is 4.08. The molecule has 0 saturated heterocycles. The molecule has 3 N–H and O–H groups in total. The van der Waals surface area contributed by atoms with Gasteiger partial charge < -0.3 is 10.7 Å². The van der Waals surface area contributed by atoms with Gasteiger partial charge in [0.25, 0.3) is 5.56 Å². The van der Waals surface area contributed by atoms with Gasteiger partial charge in [-0.25, -0.2) is 4.98 Å². The highest BCUT2D eigenvalue weighted by Gasteiger charge is 2.13. The quantitative estimate of drug-likeness (QED) is 0.477. The summed E-state index contributed by atoms with van der Waals surface area (Å²) in [5.74, 6) is 1.07. The van der Waals surface area contributed by atoms with Crippen molar-refractivity contribution >= 4 is 50.1 Å². The summed E-state index contributed by atoms with van der Waals surface area (Å²) < 4.78 is 0. The number of rotatable bonds is 5. The van der Waals surface area contributed by atoms with Gasteiger partial charge in [-0.3, -0.25) is 9.79 Å². The van der Waals surface area contributed by atoms with Crippen LogP contribution in [-0.4, -0.2) is 21.2 Å². The summed E-state index contributed by atoms with van der Waals surface area (Å²) in [5.41, 5.74) is 7.59. The van der Waals surface area contributed by atoms with E-state index in [4.69, 9.17) is 17.3 Å².